The van der Waals surface area contributed by atoms with E-state index in [4.69, 9.17) is 4.74 Å². The molecule has 5 aromatic rings. The average Bonchev–Trinajstić information content (AvgIpc) is 2.99. The van der Waals surface area contributed by atoms with E-state index >= 15 is 0 Å². The number of ether oxygens (including phenoxy) is 1. The normalized spacial score (nSPS) is 17.9. The predicted octanol–water partition coefficient (Wildman–Crippen LogP) is 7.36. The topological polar surface area (TPSA) is 59.5 Å². The van der Waals surface area contributed by atoms with E-state index in [1.807, 2.05) is 67.6 Å². The first-order valence-corrected chi connectivity index (χ1v) is 14.8. The summed E-state index contributed by atoms with van der Waals surface area (Å²) in [5, 5.41) is 2.93. The Morgan fingerprint density at radius 1 is 0.846 bits per heavy atom. The van der Waals surface area contributed by atoms with Gasteiger partial charge in [-0.2, -0.15) is 0 Å². The summed E-state index contributed by atoms with van der Waals surface area (Å²) < 4.78 is 37.1. The number of hydrogen-bond donors (Lipinski definition) is 0. The average molecular weight is 535 g/mol. The SMILES string of the molecule is CCCO[C@@H]1C[C@H](c2ccccc2)C=C(c2ccc3ccccc3c2)N1S(=O)(=O)c1cccc2cccnc12. The zero-order chi connectivity index (χ0) is 26.8. The van der Waals surface area contributed by atoms with Crippen LogP contribution in [-0.2, 0) is 14.8 Å². The Labute approximate surface area is 229 Å². The van der Waals surface area contributed by atoms with Crippen molar-refractivity contribution in [2.45, 2.75) is 36.8 Å². The van der Waals surface area contributed by atoms with E-state index in [1.54, 1.807) is 18.3 Å². The standard InChI is InChI=1S/C33H30N2O3S/c1-2-20-38-32-23-29(24-10-4-3-5-11-24)22-30(28-18-17-25-12-6-7-13-27(25)21-28)35(32)39(36,37)31-16-8-14-26-15-9-19-34-33(26)31/h3-19,21-22,29,32H,2,20,23H2,1H3/t29-,32-/m1/s1. The lowest BCUT2D eigenvalue weighted by molar-refractivity contribution is -0.00963. The van der Waals surface area contributed by atoms with Crippen LogP contribution >= 0.6 is 0 Å². The fraction of sp³-hybridized carbons (Fsp3) is 0.182. The fourth-order valence-corrected chi connectivity index (χ4v) is 7.13. The van der Waals surface area contributed by atoms with Gasteiger partial charge in [0.15, 0.2) is 0 Å². The van der Waals surface area contributed by atoms with E-state index in [1.165, 1.54) is 4.31 Å². The number of aromatic nitrogens is 1. The van der Waals surface area contributed by atoms with Crippen LogP contribution in [0, 0.1) is 0 Å². The molecule has 5 nitrogen and oxygen atoms in total. The molecule has 6 rings (SSSR count). The number of sulfonamides is 1. The molecule has 6 heteroatoms. The third-order valence-corrected chi connectivity index (χ3v) is 9.07. The maximum Gasteiger partial charge on any atom is 0.268 e. The predicted molar refractivity (Wildman–Crippen MR) is 157 cm³/mol. The molecular formula is C33H30N2O3S. The van der Waals surface area contributed by atoms with Gasteiger partial charge < -0.3 is 4.74 Å². The van der Waals surface area contributed by atoms with Crippen LogP contribution in [0.5, 0.6) is 0 Å². The molecule has 0 fully saturated rings. The Hall–Kier alpha value is -4.00. The summed E-state index contributed by atoms with van der Waals surface area (Å²) in [7, 11) is -4.05. The second kappa shape index (κ2) is 10.6. The van der Waals surface area contributed by atoms with E-state index in [9.17, 15) is 8.42 Å². The first-order valence-electron chi connectivity index (χ1n) is 13.3. The van der Waals surface area contributed by atoms with Crippen molar-refractivity contribution in [1.29, 1.82) is 0 Å². The molecule has 0 spiro atoms. The molecule has 0 unspecified atom stereocenters. The minimum atomic E-state index is -4.05. The van der Waals surface area contributed by atoms with Gasteiger partial charge in [0.25, 0.3) is 10.0 Å². The number of hydrogen-bond acceptors (Lipinski definition) is 4. The van der Waals surface area contributed by atoms with E-state index < -0.39 is 16.3 Å². The van der Waals surface area contributed by atoms with Gasteiger partial charge in [0.1, 0.15) is 11.1 Å². The highest BCUT2D eigenvalue weighted by Crippen LogP contribution is 2.42. The molecule has 1 aliphatic rings. The summed E-state index contributed by atoms with van der Waals surface area (Å²) in [6.07, 6.45) is 4.34. The largest absolute Gasteiger partial charge is 0.357 e. The number of allylic oxidation sites excluding steroid dienone is 1. The highest BCUT2D eigenvalue weighted by Gasteiger charge is 2.40. The van der Waals surface area contributed by atoms with Crippen molar-refractivity contribution >= 4 is 37.4 Å². The number of rotatable bonds is 7. The first-order chi connectivity index (χ1) is 19.1. The van der Waals surface area contributed by atoms with Crippen LogP contribution in [0.15, 0.2) is 120 Å². The van der Waals surface area contributed by atoms with E-state index in [0.29, 0.717) is 24.2 Å². The number of para-hydroxylation sites is 1. The molecule has 0 N–H and O–H groups in total. The third kappa shape index (κ3) is 4.82. The van der Waals surface area contributed by atoms with Crippen LogP contribution in [0.3, 0.4) is 0 Å². The smallest absolute Gasteiger partial charge is 0.268 e. The lowest BCUT2D eigenvalue weighted by atomic mass is 9.89. The number of nitrogens with zero attached hydrogens (tertiary/aromatic N) is 2. The molecule has 1 aliphatic heterocycles. The van der Waals surface area contributed by atoms with Gasteiger partial charge in [0, 0.05) is 30.5 Å². The Morgan fingerprint density at radius 2 is 1.59 bits per heavy atom. The Balaban J connectivity index is 1.58. The molecule has 0 radical (unpaired) electrons. The highest BCUT2D eigenvalue weighted by atomic mass is 32.2. The molecular weight excluding hydrogens is 504 g/mol. The number of pyridine rings is 1. The van der Waals surface area contributed by atoms with Crippen molar-refractivity contribution in [2.24, 2.45) is 0 Å². The Morgan fingerprint density at radius 3 is 2.41 bits per heavy atom. The molecule has 0 saturated carbocycles. The molecule has 0 aliphatic carbocycles. The minimum absolute atomic E-state index is 0.00776. The van der Waals surface area contributed by atoms with Crippen LogP contribution in [0.4, 0.5) is 0 Å². The Bertz CT molecular complexity index is 1760. The lowest BCUT2D eigenvalue weighted by Crippen LogP contribution is -2.44. The van der Waals surface area contributed by atoms with Gasteiger partial charge >= 0.3 is 0 Å². The molecule has 1 aromatic heterocycles. The minimum Gasteiger partial charge on any atom is -0.357 e. The van der Waals surface area contributed by atoms with E-state index in [-0.39, 0.29) is 10.8 Å². The molecule has 0 bridgehead atoms. The van der Waals surface area contributed by atoms with Crippen LogP contribution in [0.2, 0.25) is 0 Å². The summed E-state index contributed by atoms with van der Waals surface area (Å²) in [5.41, 5.74) is 3.04. The van der Waals surface area contributed by atoms with Crippen molar-refractivity contribution in [3.63, 3.8) is 0 Å². The molecule has 4 aromatic carbocycles. The second-order valence-corrected chi connectivity index (χ2v) is 11.6. The van der Waals surface area contributed by atoms with Gasteiger partial charge in [-0.15, -0.1) is 0 Å². The van der Waals surface area contributed by atoms with Crippen molar-refractivity contribution in [1.82, 2.24) is 9.29 Å². The maximum atomic E-state index is 14.6. The van der Waals surface area contributed by atoms with Gasteiger partial charge in [-0.1, -0.05) is 97.9 Å². The van der Waals surface area contributed by atoms with Crippen molar-refractivity contribution < 1.29 is 13.2 Å². The lowest BCUT2D eigenvalue weighted by Gasteiger charge is -2.40. The summed E-state index contributed by atoms with van der Waals surface area (Å²) in [6, 6.07) is 33.4. The monoisotopic (exact) mass is 534 g/mol. The highest BCUT2D eigenvalue weighted by molar-refractivity contribution is 7.89. The van der Waals surface area contributed by atoms with E-state index in [0.717, 1.165) is 33.7 Å². The van der Waals surface area contributed by atoms with Gasteiger partial charge in [-0.25, -0.2) is 12.7 Å². The third-order valence-electron chi connectivity index (χ3n) is 7.23. The molecule has 2 atom stereocenters. The Kier molecular flexibility index (Phi) is 6.90. The van der Waals surface area contributed by atoms with Crippen LogP contribution < -0.4 is 0 Å². The number of benzene rings is 4. The van der Waals surface area contributed by atoms with Crippen LogP contribution in [0.1, 0.15) is 36.8 Å². The fourth-order valence-electron chi connectivity index (χ4n) is 5.37. The summed E-state index contributed by atoms with van der Waals surface area (Å²) in [5.74, 6) is -0.00776. The second-order valence-electron chi connectivity index (χ2n) is 9.82. The molecule has 2 heterocycles. The van der Waals surface area contributed by atoms with Crippen molar-refractivity contribution in [3.8, 4) is 0 Å². The number of fused-ring (bicyclic) bond motifs is 2. The van der Waals surface area contributed by atoms with Gasteiger partial charge in [0.05, 0.1) is 11.2 Å². The quantitative estimate of drug-likeness (QED) is 0.219. The van der Waals surface area contributed by atoms with Gasteiger partial charge in [-0.3, -0.25) is 4.98 Å². The van der Waals surface area contributed by atoms with Crippen molar-refractivity contribution in [2.75, 3.05) is 6.61 Å². The molecule has 0 saturated heterocycles. The van der Waals surface area contributed by atoms with E-state index in [2.05, 4.69) is 41.4 Å². The maximum absolute atomic E-state index is 14.6. The zero-order valence-electron chi connectivity index (χ0n) is 21.8. The van der Waals surface area contributed by atoms with Crippen LogP contribution in [0.25, 0.3) is 27.4 Å². The van der Waals surface area contributed by atoms with Crippen LogP contribution in [-0.4, -0.2) is 30.5 Å². The summed E-state index contributed by atoms with van der Waals surface area (Å²) in [6.45, 7) is 2.49. The van der Waals surface area contributed by atoms with Gasteiger partial charge in [-0.05, 0) is 46.5 Å². The first kappa shape index (κ1) is 25.3. The molecule has 39 heavy (non-hydrogen) atoms. The van der Waals surface area contributed by atoms with Crippen molar-refractivity contribution in [3.05, 3.63) is 127 Å². The molecule has 196 valence electrons. The molecule has 0 amide bonds. The van der Waals surface area contributed by atoms with Gasteiger partial charge in [0.2, 0.25) is 0 Å². The summed E-state index contributed by atoms with van der Waals surface area (Å²) in [4.78, 5) is 4.64. The zero-order valence-corrected chi connectivity index (χ0v) is 22.6. The summed E-state index contributed by atoms with van der Waals surface area (Å²) >= 11 is 0.